The smallest absolute Gasteiger partial charge is 0.129 e. The molecule has 0 nitrogen and oxygen atoms in total. The summed E-state index contributed by atoms with van der Waals surface area (Å²) in [5.74, 6) is 0.599. The van der Waals surface area contributed by atoms with Gasteiger partial charge in [0, 0.05) is 5.56 Å². The highest BCUT2D eigenvalue weighted by Crippen LogP contribution is 2.38. The summed E-state index contributed by atoms with van der Waals surface area (Å²) in [5, 5.41) is 0. The second-order valence-corrected chi connectivity index (χ2v) is 10.3. The van der Waals surface area contributed by atoms with Crippen molar-refractivity contribution >= 4 is 0 Å². The van der Waals surface area contributed by atoms with E-state index >= 15 is 0 Å². The molecule has 34 heavy (non-hydrogen) atoms. The quantitative estimate of drug-likeness (QED) is 0.298. The van der Waals surface area contributed by atoms with E-state index in [9.17, 15) is 8.78 Å². The normalized spacial score (nSPS) is 19.2. The van der Waals surface area contributed by atoms with Crippen molar-refractivity contribution in [1.29, 1.82) is 0 Å². The van der Waals surface area contributed by atoms with Gasteiger partial charge in [0.2, 0.25) is 0 Å². The van der Waals surface area contributed by atoms with E-state index in [-0.39, 0.29) is 11.5 Å². The Labute approximate surface area is 204 Å². The summed E-state index contributed by atoms with van der Waals surface area (Å²) in [5.41, 5.74) is 5.02. The monoisotopic (exact) mass is 460 g/mol. The maximum atomic E-state index is 14.8. The van der Waals surface area contributed by atoms with E-state index in [0.29, 0.717) is 18.3 Å². The van der Waals surface area contributed by atoms with E-state index in [1.807, 2.05) is 37.3 Å². The highest BCUT2D eigenvalue weighted by atomic mass is 19.1. The highest BCUT2D eigenvalue weighted by molar-refractivity contribution is 5.30. The standard InChI is InChI=1S/C32H38F2/c1-3-7-24-12-16-28(17-13-24)29-18-14-25(15-19-29)10-11-26-21-31(33)30(32(34)22-26)20-23(2)27-8-5-4-6-9-27/h4-6,8-9,12-13,16-17,21-23,25,29H,3,7,10-11,14-15,18-20H2,1-2H3/t23-,25?,29?/m1/s1. The van der Waals surface area contributed by atoms with Crippen LogP contribution in [0.4, 0.5) is 8.78 Å². The van der Waals surface area contributed by atoms with Gasteiger partial charge in [0.25, 0.3) is 0 Å². The first-order valence-corrected chi connectivity index (χ1v) is 13.1. The summed E-state index contributed by atoms with van der Waals surface area (Å²) in [6.07, 6.45) is 9.34. The van der Waals surface area contributed by atoms with E-state index in [0.717, 1.165) is 30.4 Å². The molecule has 4 rings (SSSR count). The van der Waals surface area contributed by atoms with Crippen molar-refractivity contribution in [2.75, 3.05) is 0 Å². The fourth-order valence-electron chi connectivity index (χ4n) is 5.60. The highest BCUT2D eigenvalue weighted by Gasteiger charge is 2.23. The molecular weight excluding hydrogens is 422 g/mol. The predicted molar refractivity (Wildman–Crippen MR) is 138 cm³/mol. The average Bonchev–Trinajstić information content (AvgIpc) is 2.86. The molecule has 3 aromatic carbocycles. The molecule has 1 atom stereocenters. The van der Waals surface area contributed by atoms with Crippen LogP contribution in [-0.2, 0) is 19.3 Å². The molecule has 0 amide bonds. The van der Waals surface area contributed by atoms with Crippen molar-refractivity contribution in [2.45, 2.75) is 83.5 Å². The molecular formula is C32H38F2. The SMILES string of the molecule is CCCc1ccc(C2CCC(CCc3cc(F)c(C[C@@H](C)c4ccccc4)c(F)c3)CC2)cc1. The van der Waals surface area contributed by atoms with Gasteiger partial charge in [-0.1, -0.05) is 74.9 Å². The average molecular weight is 461 g/mol. The van der Waals surface area contributed by atoms with Crippen molar-refractivity contribution in [3.63, 3.8) is 0 Å². The molecule has 0 aromatic heterocycles. The molecule has 2 heteroatoms. The second kappa shape index (κ2) is 11.8. The van der Waals surface area contributed by atoms with E-state index < -0.39 is 11.6 Å². The minimum Gasteiger partial charge on any atom is -0.207 e. The second-order valence-electron chi connectivity index (χ2n) is 10.3. The summed E-state index contributed by atoms with van der Waals surface area (Å²) in [7, 11) is 0. The Balaban J connectivity index is 1.28. The summed E-state index contributed by atoms with van der Waals surface area (Å²) in [4.78, 5) is 0. The maximum Gasteiger partial charge on any atom is 0.129 e. The topological polar surface area (TPSA) is 0 Å². The fourth-order valence-corrected chi connectivity index (χ4v) is 5.60. The number of benzene rings is 3. The van der Waals surface area contributed by atoms with E-state index in [1.165, 1.54) is 43.2 Å². The molecule has 1 fully saturated rings. The van der Waals surface area contributed by atoms with Gasteiger partial charge in [0.1, 0.15) is 11.6 Å². The van der Waals surface area contributed by atoms with Gasteiger partial charge in [-0.05, 0) is 104 Å². The van der Waals surface area contributed by atoms with Crippen LogP contribution in [0.1, 0.15) is 92.0 Å². The molecule has 1 aliphatic carbocycles. The molecule has 0 aliphatic heterocycles. The van der Waals surface area contributed by atoms with Crippen molar-refractivity contribution in [1.82, 2.24) is 0 Å². The lowest BCUT2D eigenvalue weighted by Gasteiger charge is -2.29. The van der Waals surface area contributed by atoms with Gasteiger partial charge in [-0.3, -0.25) is 0 Å². The van der Waals surface area contributed by atoms with Gasteiger partial charge in [0.05, 0.1) is 0 Å². The van der Waals surface area contributed by atoms with E-state index in [2.05, 4.69) is 31.2 Å². The number of aryl methyl sites for hydroxylation is 2. The largest absolute Gasteiger partial charge is 0.207 e. The zero-order valence-corrected chi connectivity index (χ0v) is 20.7. The third-order valence-electron chi connectivity index (χ3n) is 7.76. The first kappa shape index (κ1) is 24.6. The summed E-state index contributed by atoms with van der Waals surface area (Å²) >= 11 is 0. The van der Waals surface area contributed by atoms with Crippen LogP contribution in [0, 0.1) is 17.6 Å². The summed E-state index contributed by atoms with van der Waals surface area (Å²) < 4.78 is 29.7. The van der Waals surface area contributed by atoms with Crippen LogP contribution in [0.3, 0.4) is 0 Å². The summed E-state index contributed by atoms with van der Waals surface area (Å²) in [6, 6.07) is 22.3. The summed E-state index contributed by atoms with van der Waals surface area (Å²) in [6.45, 7) is 4.25. The lowest BCUT2D eigenvalue weighted by atomic mass is 9.76. The Morgan fingerprint density at radius 2 is 1.44 bits per heavy atom. The third kappa shape index (κ3) is 6.34. The molecule has 0 spiro atoms. The molecule has 0 saturated heterocycles. The Kier molecular flexibility index (Phi) is 8.53. The van der Waals surface area contributed by atoms with Gasteiger partial charge in [-0.15, -0.1) is 0 Å². The Morgan fingerprint density at radius 1 is 0.794 bits per heavy atom. The van der Waals surface area contributed by atoms with E-state index in [4.69, 9.17) is 0 Å². The molecule has 0 unspecified atom stereocenters. The van der Waals surface area contributed by atoms with Crippen molar-refractivity contribution < 1.29 is 8.78 Å². The first-order valence-electron chi connectivity index (χ1n) is 13.1. The number of hydrogen-bond donors (Lipinski definition) is 0. The lowest BCUT2D eigenvalue weighted by molar-refractivity contribution is 0.310. The lowest BCUT2D eigenvalue weighted by Crippen LogP contribution is -2.14. The Hall–Kier alpha value is -2.48. The molecule has 3 aromatic rings. The van der Waals surface area contributed by atoms with Gasteiger partial charge >= 0.3 is 0 Å². The van der Waals surface area contributed by atoms with Gasteiger partial charge in [-0.2, -0.15) is 0 Å². The number of hydrogen-bond acceptors (Lipinski definition) is 0. The van der Waals surface area contributed by atoms with Gasteiger partial charge < -0.3 is 0 Å². The zero-order valence-electron chi connectivity index (χ0n) is 20.7. The third-order valence-corrected chi connectivity index (χ3v) is 7.76. The molecule has 1 aliphatic rings. The van der Waals surface area contributed by atoms with Crippen molar-refractivity contribution in [3.8, 4) is 0 Å². The maximum absolute atomic E-state index is 14.8. The Morgan fingerprint density at radius 3 is 2.06 bits per heavy atom. The minimum atomic E-state index is -0.395. The van der Waals surface area contributed by atoms with Crippen LogP contribution in [-0.4, -0.2) is 0 Å². The molecule has 180 valence electrons. The Bertz CT molecular complexity index is 1010. The van der Waals surface area contributed by atoms with Crippen LogP contribution in [0.25, 0.3) is 0 Å². The molecule has 0 radical (unpaired) electrons. The van der Waals surface area contributed by atoms with E-state index in [1.54, 1.807) is 12.1 Å². The van der Waals surface area contributed by atoms with Crippen molar-refractivity contribution in [3.05, 3.63) is 106 Å². The van der Waals surface area contributed by atoms with Crippen LogP contribution in [0.2, 0.25) is 0 Å². The van der Waals surface area contributed by atoms with Crippen LogP contribution in [0.15, 0.2) is 66.7 Å². The predicted octanol–water partition coefficient (Wildman–Crippen LogP) is 9.17. The van der Waals surface area contributed by atoms with Gasteiger partial charge in [-0.25, -0.2) is 8.78 Å². The number of rotatable bonds is 9. The molecule has 0 bridgehead atoms. The first-order chi connectivity index (χ1) is 16.5. The minimum absolute atomic E-state index is 0.0779. The van der Waals surface area contributed by atoms with Crippen LogP contribution in [0.5, 0.6) is 0 Å². The van der Waals surface area contributed by atoms with Crippen molar-refractivity contribution in [2.24, 2.45) is 5.92 Å². The van der Waals surface area contributed by atoms with Gasteiger partial charge in [0.15, 0.2) is 0 Å². The fraction of sp³-hybridized carbons (Fsp3) is 0.438. The zero-order chi connectivity index (χ0) is 23.9. The molecule has 0 N–H and O–H groups in total. The number of halogens is 2. The van der Waals surface area contributed by atoms with Crippen LogP contribution < -0.4 is 0 Å². The van der Waals surface area contributed by atoms with Crippen LogP contribution >= 0.6 is 0 Å². The molecule has 0 heterocycles. The molecule has 1 saturated carbocycles.